The number of nitrogens with zero attached hydrogens (tertiary/aromatic N) is 2. The molecule has 0 radical (unpaired) electrons. The lowest BCUT2D eigenvalue weighted by molar-refractivity contribution is -0.120. The predicted molar refractivity (Wildman–Crippen MR) is 112 cm³/mol. The first-order valence-electron chi connectivity index (χ1n) is 9.11. The molecule has 0 spiro atoms. The third-order valence-electron chi connectivity index (χ3n) is 4.50. The molecular formula is C21H20N4O3S. The number of rotatable bonds is 7. The summed E-state index contributed by atoms with van der Waals surface area (Å²) < 4.78 is 10.9. The number of H-pyrrole nitrogens is 1. The van der Waals surface area contributed by atoms with Gasteiger partial charge in [0.25, 0.3) is 11.1 Å². The summed E-state index contributed by atoms with van der Waals surface area (Å²) in [6.45, 7) is 2.25. The van der Waals surface area contributed by atoms with Gasteiger partial charge in [-0.3, -0.25) is 4.79 Å². The minimum absolute atomic E-state index is 0.0994. The van der Waals surface area contributed by atoms with Gasteiger partial charge in [-0.05, 0) is 30.7 Å². The monoisotopic (exact) mass is 408 g/mol. The maximum atomic E-state index is 12.4. The molecule has 2 heterocycles. The number of ether oxygens (including phenoxy) is 1. The van der Waals surface area contributed by atoms with Crippen LogP contribution in [0.4, 0.5) is 0 Å². The first-order chi connectivity index (χ1) is 14.1. The summed E-state index contributed by atoms with van der Waals surface area (Å²) in [4.78, 5) is 15.6. The van der Waals surface area contributed by atoms with Crippen molar-refractivity contribution in [2.45, 2.75) is 23.9 Å². The lowest BCUT2D eigenvalue weighted by Gasteiger charge is -2.10. The molecular weight excluding hydrogens is 388 g/mol. The lowest BCUT2D eigenvalue weighted by atomic mass is 10.2. The van der Waals surface area contributed by atoms with E-state index in [1.807, 2.05) is 61.7 Å². The molecule has 4 rings (SSSR count). The summed E-state index contributed by atoms with van der Waals surface area (Å²) in [6, 6.07) is 15.5. The zero-order chi connectivity index (χ0) is 20.2. The van der Waals surface area contributed by atoms with Gasteiger partial charge < -0.3 is 19.5 Å². The van der Waals surface area contributed by atoms with Crippen molar-refractivity contribution in [3.8, 4) is 17.2 Å². The third kappa shape index (κ3) is 4.27. The Kier molecular flexibility index (Phi) is 5.53. The van der Waals surface area contributed by atoms with Crippen molar-refractivity contribution in [3.05, 3.63) is 60.3 Å². The van der Waals surface area contributed by atoms with E-state index in [1.165, 1.54) is 11.8 Å². The molecule has 0 fully saturated rings. The summed E-state index contributed by atoms with van der Waals surface area (Å²) in [7, 11) is 1.62. The molecule has 0 bridgehead atoms. The molecule has 0 saturated carbocycles. The average Bonchev–Trinajstić information content (AvgIpc) is 3.39. The van der Waals surface area contributed by atoms with Crippen LogP contribution in [0.25, 0.3) is 22.4 Å². The fourth-order valence-electron chi connectivity index (χ4n) is 2.90. The number of methoxy groups -OCH3 is 1. The molecule has 148 valence electrons. The number of carbonyl (C=O) groups is 1. The number of para-hydroxylation sites is 1. The van der Waals surface area contributed by atoms with Gasteiger partial charge in [0.05, 0.1) is 17.9 Å². The molecule has 4 aromatic rings. The first kappa shape index (κ1) is 19.1. The fraction of sp³-hybridized carbons (Fsp3) is 0.190. The van der Waals surface area contributed by atoms with Gasteiger partial charge in [-0.25, -0.2) is 0 Å². The van der Waals surface area contributed by atoms with Crippen molar-refractivity contribution >= 4 is 28.6 Å². The molecule has 2 N–H and O–H groups in total. The van der Waals surface area contributed by atoms with Crippen molar-refractivity contribution in [2.24, 2.45) is 0 Å². The van der Waals surface area contributed by atoms with Crippen LogP contribution in [0.5, 0.6) is 5.75 Å². The van der Waals surface area contributed by atoms with E-state index in [9.17, 15) is 4.79 Å². The SMILES string of the molecule is COc1ccc(CNC(=O)[C@@H](C)Sc2nnc(-c3c[nH]c4ccccc34)o2)cc1. The maximum Gasteiger partial charge on any atom is 0.277 e. The summed E-state index contributed by atoms with van der Waals surface area (Å²) in [5.74, 6) is 1.11. The maximum absolute atomic E-state index is 12.4. The Morgan fingerprint density at radius 1 is 1.21 bits per heavy atom. The topological polar surface area (TPSA) is 93.0 Å². The van der Waals surface area contributed by atoms with Gasteiger partial charge in [0.2, 0.25) is 5.91 Å². The molecule has 0 aliphatic rings. The van der Waals surface area contributed by atoms with Crippen LogP contribution in [-0.4, -0.2) is 33.4 Å². The van der Waals surface area contributed by atoms with E-state index in [1.54, 1.807) is 7.11 Å². The number of hydrogen-bond donors (Lipinski definition) is 2. The van der Waals surface area contributed by atoms with Crippen molar-refractivity contribution in [3.63, 3.8) is 0 Å². The second-order valence-electron chi connectivity index (χ2n) is 6.45. The molecule has 8 heteroatoms. The Morgan fingerprint density at radius 3 is 2.79 bits per heavy atom. The molecule has 7 nitrogen and oxygen atoms in total. The Balaban J connectivity index is 1.37. The lowest BCUT2D eigenvalue weighted by Crippen LogP contribution is -2.30. The van der Waals surface area contributed by atoms with Crippen molar-refractivity contribution < 1.29 is 13.9 Å². The van der Waals surface area contributed by atoms with Crippen LogP contribution in [0.2, 0.25) is 0 Å². The molecule has 0 saturated heterocycles. The van der Waals surface area contributed by atoms with Crippen LogP contribution in [0, 0.1) is 0 Å². The van der Waals surface area contributed by atoms with Crippen molar-refractivity contribution in [1.29, 1.82) is 0 Å². The minimum atomic E-state index is -0.371. The van der Waals surface area contributed by atoms with E-state index in [2.05, 4.69) is 20.5 Å². The van der Waals surface area contributed by atoms with Gasteiger partial charge in [-0.2, -0.15) is 0 Å². The molecule has 1 atom stereocenters. The van der Waals surface area contributed by atoms with Crippen LogP contribution >= 0.6 is 11.8 Å². The Labute approximate surface area is 171 Å². The van der Waals surface area contributed by atoms with Gasteiger partial charge in [0, 0.05) is 23.6 Å². The summed E-state index contributed by atoms with van der Waals surface area (Å²) in [6.07, 6.45) is 1.84. The smallest absolute Gasteiger partial charge is 0.277 e. The standard InChI is InChI=1S/C21H20N4O3S/c1-13(19(26)23-11-14-7-9-15(27-2)10-8-14)29-21-25-24-20(28-21)17-12-22-18-6-4-3-5-16(17)18/h3-10,12-13,22H,11H2,1-2H3,(H,23,26)/t13-/m1/s1. The Bertz CT molecular complexity index is 1120. The van der Waals surface area contributed by atoms with Gasteiger partial charge in [-0.15, -0.1) is 10.2 Å². The number of benzene rings is 2. The highest BCUT2D eigenvalue weighted by molar-refractivity contribution is 8.00. The number of aromatic nitrogens is 3. The molecule has 0 unspecified atom stereocenters. The first-order valence-corrected chi connectivity index (χ1v) is 9.99. The molecule has 0 aliphatic heterocycles. The van der Waals surface area contributed by atoms with Crippen LogP contribution in [0.1, 0.15) is 12.5 Å². The van der Waals surface area contributed by atoms with E-state index >= 15 is 0 Å². The zero-order valence-corrected chi connectivity index (χ0v) is 16.8. The third-order valence-corrected chi connectivity index (χ3v) is 5.43. The number of fused-ring (bicyclic) bond motifs is 1. The Hall–Kier alpha value is -3.26. The molecule has 0 aliphatic carbocycles. The van der Waals surface area contributed by atoms with Crippen LogP contribution < -0.4 is 10.1 Å². The average molecular weight is 408 g/mol. The van der Waals surface area contributed by atoms with Crippen LogP contribution in [-0.2, 0) is 11.3 Å². The number of hydrogen-bond acceptors (Lipinski definition) is 6. The van der Waals surface area contributed by atoms with Gasteiger partial charge >= 0.3 is 0 Å². The van der Waals surface area contributed by atoms with E-state index < -0.39 is 0 Å². The molecule has 29 heavy (non-hydrogen) atoms. The number of amides is 1. The van der Waals surface area contributed by atoms with E-state index in [4.69, 9.17) is 9.15 Å². The highest BCUT2D eigenvalue weighted by Crippen LogP contribution is 2.30. The second-order valence-corrected chi connectivity index (χ2v) is 7.74. The number of aromatic amines is 1. The van der Waals surface area contributed by atoms with Crippen LogP contribution in [0.3, 0.4) is 0 Å². The molecule has 1 amide bonds. The normalized spacial score (nSPS) is 12.1. The fourth-order valence-corrected chi connectivity index (χ4v) is 3.60. The zero-order valence-electron chi connectivity index (χ0n) is 16.0. The van der Waals surface area contributed by atoms with Gasteiger partial charge in [-0.1, -0.05) is 42.1 Å². The van der Waals surface area contributed by atoms with Gasteiger partial charge in [0.1, 0.15) is 5.75 Å². The van der Waals surface area contributed by atoms with E-state index in [-0.39, 0.29) is 11.2 Å². The Morgan fingerprint density at radius 2 is 2.00 bits per heavy atom. The highest BCUT2D eigenvalue weighted by Gasteiger charge is 2.19. The number of carbonyl (C=O) groups excluding carboxylic acids is 1. The summed E-state index contributed by atoms with van der Waals surface area (Å²) >= 11 is 1.23. The van der Waals surface area contributed by atoms with Crippen LogP contribution in [0.15, 0.2) is 64.4 Å². The number of thioether (sulfide) groups is 1. The number of nitrogens with one attached hydrogen (secondary N) is 2. The van der Waals surface area contributed by atoms with E-state index in [0.717, 1.165) is 27.8 Å². The quantitative estimate of drug-likeness (QED) is 0.449. The largest absolute Gasteiger partial charge is 0.497 e. The minimum Gasteiger partial charge on any atom is -0.497 e. The van der Waals surface area contributed by atoms with Crippen molar-refractivity contribution in [1.82, 2.24) is 20.5 Å². The summed E-state index contributed by atoms with van der Waals surface area (Å²) in [5, 5.41) is 12.1. The molecule has 2 aromatic heterocycles. The highest BCUT2D eigenvalue weighted by atomic mass is 32.2. The molecule has 2 aromatic carbocycles. The van der Waals surface area contributed by atoms with Gasteiger partial charge in [0.15, 0.2) is 0 Å². The predicted octanol–water partition coefficient (Wildman–Crippen LogP) is 4.02. The van der Waals surface area contributed by atoms with E-state index in [0.29, 0.717) is 17.7 Å². The van der Waals surface area contributed by atoms with Crippen molar-refractivity contribution in [2.75, 3.05) is 7.11 Å². The summed E-state index contributed by atoms with van der Waals surface area (Å²) in [5.41, 5.74) is 2.84. The second kappa shape index (κ2) is 8.40.